The number of urea groups is 1. The van der Waals surface area contributed by atoms with Crippen molar-refractivity contribution in [2.75, 3.05) is 12.3 Å². The number of carboxylic acids is 1. The lowest BCUT2D eigenvalue weighted by Crippen LogP contribution is -2.44. The van der Waals surface area contributed by atoms with Crippen LogP contribution in [0.15, 0.2) is 30.3 Å². The number of hydrogen-bond acceptors (Lipinski definition) is 4. The fraction of sp³-hybridized carbons (Fsp3) is 0.529. The van der Waals surface area contributed by atoms with Gasteiger partial charge in [-0.05, 0) is 32.3 Å². The van der Waals surface area contributed by atoms with Crippen LogP contribution in [0.1, 0.15) is 32.3 Å². The second-order valence-corrected chi connectivity index (χ2v) is 8.81. The molecule has 1 atom stereocenters. The molecule has 0 radical (unpaired) electrons. The van der Waals surface area contributed by atoms with E-state index < -0.39 is 27.1 Å². The minimum absolute atomic E-state index is 0.0172. The van der Waals surface area contributed by atoms with E-state index in [4.69, 9.17) is 5.11 Å². The maximum absolute atomic E-state index is 12.0. The van der Waals surface area contributed by atoms with E-state index in [-0.39, 0.29) is 24.8 Å². The van der Waals surface area contributed by atoms with Crippen LogP contribution in [-0.2, 0) is 21.1 Å². The summed E-state index contributed by atoms with van der Waals surface area (Å²) in [4.78, 5) is 22.8. The zero-order chi connectivity index (χ0) is 18.9. The molecule has 0 aromatic heterocycles. The van der Waals surface area contributed by atoms with Gasteiger partial charge in [0.25, 0.3) is 0 Å². The molecule has 0 saturated carbocycles. The van der Waals surface area contributed by atoms with Crippen LogP contribution in [0.5, 0.6) is 0 Å². The fourth-order valence-electron chi connectivity index (χ4n) is 2.20. The molecular formula is C17H26N2O5S. The van der Waals surface area contributed by atoms with Gasteiger partial charge in [-0.3, -0.25) is 4.79 Å². The van der Waals surface area contributed by atoms with E-state index in [2.05, 4.69) is 10.6 Å². The third kappa shape index (κ3) is 8.53. The normalized spacial score (nSPS) is 12.6. The zero-order valence-electron chi connectivity index (χ0n) is 14.6. The first kappa shape index (κ1) is 21.0. The number of carboxylic acid groups (broad SMARTS) is 1. The molecule has 1 unspecified atom stereocenters. The largest absolute Gasteiger partial charge is 0.481 e. The molecule has 3 N–H and O–H groups in total. The lowest BCUT2D eigenvalue weighted by Gasteiger charge is -2.19. The van der Waals surface area contributed by atoms with Gasteiger partial charge in [0.2, 0.25) is 0 Å². The van der Waals surface area contributed by atoms with E-state index in [1.807, 2.05) is 30.3 Å². The molecule has 0 aliphatic heterocycles. The molecule has 25 heavy (non-hydrogen) atoms. The number of sulfone groups is 1. The van der Waals surface area contributed by atoms with Crippen molar-refractivity contribution >= 4 is 21.8 Å². The van der Waals surface area contributed by atoms with Gasteiger partial charge in [-0.15, -0.1) is 0 Å². The van der Waals surface area contributed by atoms with Gasteiger partial charge in [-0.25, -0.2) is 13.2 Å². The summed E-state index contributed by atoms with van der Waals surface area (Å²) in [5.41, 5.74) is 0.987. The third-order valence-electron chi connectivity index (χ3n) is 3.76. The molecule has 1 rings (SSSR count). The Morgan fingerprint density at radius 3 is 2.36 bits per heavy atom. The maximum atomic E-state index is 12.0. The monoisotopic (exact) mass is 370 g/mol. The van der Waals surface area contributed by atoms with Crippen molar-refractivity contribution < 1.29 is 23.1 Å². The molecule has 0 heterocycles. The molecule has 0 saturated heterocycles. The summed E-state index contributed by atoms with van der Waals surface area (Å²) < 4.78 is 23.4. The summed E-state index contributed by atoms with van der Waals surface area (Å²) in [6, 6.07) is 8.60. The van der Waals surface area contributed by atoms with Crippen LogP contribution in [0, 0.1) is 0 Å². The second-order valence-electron chi connectivity index (χ2n) is 6.14. The Labute approximate surface area is 148 Å². The summed E-state index contributed by atoms with van der Waals surface area (Å²) in [7, 11) is -3.21. The van der Waals surface area contributed by atoms with E-state index in [1.165, 1.54) is 0 Å². The number of nitrogens with one attached hydrogen (secondary N) is 2. The maximum Gasteiger partial charge on any atom is 0.315 e. The molecular weight excluding hydrogens is 344 g/mol. The molecule has 0 aliphatic carbocycles. The van der Waals surface area contributed by atoms with Crippen LogP contribution in [0.3, 0.4) is 0 Å². The summed E-state index contributed by atoms with van der Waals surface area (Å²) >= 11 is 0. The van der Waals surface area contributed by atoms with Crippen LogP contribution in [0.25, 0.3) is 0 Å². The van der Waals surface area contributed by atoms with Crippen LogP contribution < -0.4 is 10.6 Å². The predicted octanol–water partition coefficient (Wildman–Crippen LogP) is 1.58. The molecule has 2 amide bonds. The quantitative estimate of drug-likeness (QED) is 0.579. The number of hydrogen-bond donors (Lipinski definition) is 3. The van der Waals surface area contributed by atoms with Gasteiger partial charge in [-0.2, -0.15) is 0 Å². The fourth-order valence-corrected chi connectivity index (χ4v) is 3.06. The van der Waals surface area contributed by atoms with Gasteiger partial charge in [-0.1, -0.05) is 30.3 Å². The van der Waals surface area contributed by atoms with Gasteiger partial charge in [0.15, 0.2) is 9.84 Å². The van der Waals surface area contributed by atoms with Crippen molar-refractivity contribution in [3.8, 4) is 0 Å². The van der Waals surface area contributed by atoms with Crippen molar-refractivity contribution in [2.45, 2.75) is 44.4 Å². The molecule has 7 nitrogen and oxygen atoms in total. The Morgan fingerprint density at radius 2 is 1.80 bits per heavy atom. The SMILES string of the molecule is CC(C)S(=O)(=O)CCNC(=O)NC(CCC(=O)O)Cc1ccccc1. The molecule has 0 bridgehead atoms. The molecule has 1 aromatic carbocycles. The number of aliphatic carboxylic acids is 1. The molecule has 8 heteroatoms. The Hall–Kier alpha value is -2.09. The summed E-state index contributed by atoms with van der Waals surface area (Å²) in [6.07, 6.45) is 0.743. The highest BCUT2D eigenvalue weighted by atomic mass is 32.2. The molecule has 140 valence electrons. The Balaban J connectivity index is 2.54. The first-order valence-electron chi connectivity index (χ1n) is 8.22. The molecule has 0 aliphatic rings. The first-order valence-corrected chi connectivity index (χ1v) is 9.94. The van der Waals surface area contributed by atoms with E-state index in [0.717, 1.165) is 5.56 Å². The molecule has 0 spiro atoms. The lowest BCUT2D eigenvalue weighted by atomic mass is 10.0. The average Bonchev–Trinajstić information content (AvgIpc) is 2.53. The summed E-state index contributed by atoms with van der Waals surface area (Å²) in [6.45, 7) is 3.21. The first-order chi connectivity index (χ1) is 11.7. The lowest BCUT2D eigenvalue weighted by molar-refractivity contribution is -0.137. The Morgan fingerprint density at radius 1 is 1.16 bits per heavy atom. The van der Waals surface area contributed by atoms with Gasteiger partial charge < -0.3 is 15.7 Å². The highest BCUT2D eigenvalue weighted by Crippen LogP contribution is 2.08. The van der Waals surface area contributed by atoms with Crippen molar-refractivity contribution in [1.29, 1.82) is 0 Å². The summed E-state index contributed by atoms with van der Waals surface area (Å²) in [5, 5.41) is 13.6. The standard InChI is InChI=1S/C17H26N2O5S/c1-13(2)25(23,24)11-10-18-17(22)19-15(8-9-16(20)21)12-14-6-4-3-5-7-14/h3-7,13,15H,8-12H2,1-2H3,(H,20,21)(H2,18,19,22). The van der Waals surface area contributed by atoms with Crippen LogP contribution in [0.2, 0.25) is 0 Å². The second kappa shape index (κ2) is 10.0. The zero-order valence-corrected chi connectivity index (χ0v) is 15.4. The van der Waals surface area contributed by atoms with Gasteiger partial charge in [0, 0.05) is 19.0 Å². The smallest absolute Gasteiger partial charge is 0.315 e. The van der Waals surface area contributed by atoms with Crippen molar-refractivity contribution in [1.82, 2.24) is 10.6 Å². The number of benzene rings is 1. The minimum atomic E-state index is -3.21. The third-order valence-corrected chi connectivity index (χ3v) is 5.97. The van der Waals surface area contributed by atoms with E-state index in [9.17, 15) is 18.0 Å². The molecule has 1 aromatic rings. The molecule has 0 fully saturated rings. The Kier molecular flexibility index (Phi) is 8.40. The highest BCUT2D eigenvalue weighted by molar-refractivity contribution is 7.92. The van der Waals surface area contributed by atoms with E-state index >= 15 is 0 Å². The number of carbonyl (C=O) groups excluding carboxylic acids is 1. The number of carbonyl (C=O) groups is 2. The average molecular weight is 370 g/mol. The predicted molar refractivity (Wildman–Crippen MR) is 96.3 cm³/mol. The van der Waals surface area contributed by atoms with E-state index in [0.29, 0.717) is 12.8 Å². The van der Waals surface area contributed by atoms with Crippen LogP contribution in [-0.4, -0.2) is 49.1 Å². The highest BCUT2D eigenvalue weighted by Gasteiger charge is 2.17. The van der Waals surface area contributed by atoms with Crippen molar-refractivity contribution in [2.24, 2.45) is 0 Å². The van der Waals surface area contributed by atoms with Crippen LogP contribution >= 0.6 is 0 Å². The van der Waals surface area contributed by atoms with Crippen molar-refractivity contribution in [3.05, 3.63) is 35.9 Å². The van der Waals surface area contributed by atoms with Crippen LogP contribution in [0.4, 0.5) is 4.79 Å². The van der Waals surface area contributed by atoms with Crippen molar-refractivity contribution in [3.63, 3.8) is 0 Å². The van der Waals surface area contributed by atoms with E-state index in [1.54, 1.807) is 13.8 Å². The number of amides is 2. The topological polar surface area (TPSA) is 113 Å². The minimum Gasteiger partial charge on any atom is -0.481 e. The summed E-state index contributed by atoms with van der Waals surface area (Å²) in [5.74, 6) is -1.06. The number of rotatable bonds is 10. The Bertz CT molecular complexity index is 659. The van der Waals surface area contributed by atoms with Gasteiger partial charge in [0.05, 0.1) is 11.0 Å². The van der Waals surface area contributed by atoms with Gasteiger partial charge in [0.1, 0.15) is 0 Å². The van der Waals surface area contributed by atoms with Gasteiger partial charge >= 0.3 is 12.0 Å².